The maximum Gasteiger partial charge on any atom is 0.143 e. The Bertz CT molecular complexity index is 3680. The number of rotatable bonds is 5. The van der Waals surface area contributed by atoms with E-state index in [9.17, 15) is 0 Å². The molecule has 9 aromatic carbocycles. The molecule has 0 unspecified atom stereocenters. The zero-order chi connectivity index (χ0) is 45.7. The van der Waals surface area contributed by atoms with E-state index in [1.807, 2.05) is 0 Å². The lowest BCUT2D eigenvalue weighted by Crippen LogP contribution is -2.18. The number of anilines is 3. The summed E-state index contributed by atoms with van der Waals surface area (Å²) < 4.78 is 13.7. The third-order valence-corrected chi connectivity index (χ3v) is 15.4. The summed E-state index contributed by atoms with van der Waals surface area (Å²) in [5.41, 5.74) is 26.6. The van der Waals surface area contributed by atoms with Crippen LogP contribution in [0, 0.1) is 27.7 Å². The summed E-state index contributed by atoms with van der Waals surface area (Å²) in [5.74, 6) is 0. The van der Waals surface area contributed by atoms with E-state index in [0.717, 1.165) is 61.3 Å². The molecule has 2 aliphatic carbocycles. The molecule has 0 bridgehead atoms. The van der Waals surface area contributed by atoms with Crippen molar-refractivity contribution in [2.75, 3.05) is 4.90 Å². The summed E-state index contributed by atoms with van der Waals surface area (Å²) in [6, 6.07) is 60.6. The number of hydrogen-bond acceptors (Lipinski definition) is 3. The first-order valence-electron chi connectivity index (χ1n) is 23.7. The molecule has 2 heterocycles. The molecule has 2 aromatic heterocycles. The minimum Gasteiger partial charge on any atom is -0.455 e. The molecule has 0 fully saturated rings. The van der Waals surface area contributed by atoms with E-state index in [0.29, 0.717) is 0 Å². The highest BCUT2D eigenvalue weighted by molar-refractivity contribution is 6.20. The Hall–Kier alpha value is -7.62. The second-order valence-electron chi connectivity index (χ2n) is 20.3. The van der Waals surface area contributed by atoms with Gasteiger partial charge in [-0.05, 0) is 155 Å². The van der Waals surface area contributed by atoms with Crippen molar-refractivity contribution in [3.05, 3.63) is 208 Å². The van der Waals surface area contributed by atoms with Crippen LogP contribution in [0.1, 0.15) is 72.2 Å². The van der Waals surface area contributed by atoms with E-state index < -0.39 is 0 Å². The van der Waals surface area contributed by atoms with Crippen LogP contribution in [0.3, 0.4) is 0 Å². The standard InChI is InChI=1S/C64H51NO2/c1-36-22-24-38(3)47(30-36)49-34-53-57(59-45-18-12-14-20-55(45)66-61(49)59)43-28-26-41(32-51(43)63(53,5)6)65(40-16-10-9-11-17-40)42-27-29-44-52(33-42)64(7,8)54-35-50(48-31-37(2)23-25-39(48)4)62-60(58(44)54)46-19-13-15-21-56(46)67-62/h9-35H,1-8H3. The van der Waals surface area contributed by atoms with Crippen LogP contribution < -0.4 is 4.90 Å². The minimum atomic E-state index is -0.296. The summed E-state index contributed by atoms with van der Waals surface area (Å²) in [7, 11) is 0. The molecule has 0 saturated carbocycles. The van der Waals surface area contributed by atoms with Gasteiger partial charge in [0, 0.05) is 60.6 Å². The van der Waals surface area contributed by atoms with Crippen LogP contribution in [-0.2, 0) is 10.8 Å². The van der Waals surface area contributed by atoms with Gasteiger partial charge in [-0.15, -0.1) is 0 Å². The SMILES string of the molecule is Cc1ccc(C)c(-c2cc3c(c4c2oc2ccccc24)-c2ccc(N(c4ccccc4)c4ccc5c(c4)C(C)(C)c4cc(-c6cc(C)ccc6C)c6oc7ccccc7c6c4-5)cc2C3(C)C)c1. The monoisotopic (exact) mass is 865 g/mol. The number of hydrogen-bond donors (Lipinski definition) is 0. The largest absolute Gasteiger partial charge is 0.455 e. The number of furan rings is 2. The lowest BCUT2D eigenvalue weighted by molar-refractivity contribution is 0.657. The summed E-state index contributed by atoms with van der Waals surface area (Å²) >= 11 is 0. The highest BCUT2D eigenvalue weighted by Gasteiger charge is 2.41. The fourth-order valence-corrected chi connectivity index (χ4v) is 11.9. The predicted octanol–water partition coefficient (Wildman–Crippen LogP) is 18.1. The lowest BCUT2D eigenvalue weighted by Gasteiger charge is -2.29. The van der Waals surface area contributed by atoms with Gasteiger partial charge < -0.3 is 13.7 Å². The Morgan fingerprint density at radius 2 is 0.791 bits per heavy atom. The predicted molar refractivity (Wildman–Crippen MR) is 281 cm³/mol. The van der Waals surface area contributed by atoms with Gasteiger partial charge in [0.1, 0.15) is 22.3 Å². The van der Waals surface area contributed by atoms with Crippen LogP contribution in [0.4, 0.5) is 17.1 Å². The molecule has 324 valence electrons. The van der Waals surface area contributed by atoms with Gasteiger partial charge in [-0.25, -0.2) is 0 Å². The average Bonchev–Trinajstić information content (AvgIpc) is 4.03. The van der Waals surface area contributed by atoms with Crippen LogP contribution in [0.15, 0.2) is 173 Å². The van der Waals surface area contributed by atoms with Gasteiger partial charge in [0.15, 0.2) is 0 Å². The normalized spacial score (nSPS) is 14.2. The molecule has 3 nitrogen and oxygen atoms in total. The second kappa shape index (κ2) is 14.0. The molecule has 0 amide bonds. The summed E-state index contributed by atoms with van der Waals surface area (Å²) in [4.78, 5) is 2.45. The Morgan fingerprint density at radius 1 is 0.358 bits per heavy atom. The van der Waals surface area contributed by atoms with Gasteiger partial charge in [0.2, 0.25) is 0 Å². The van der Waals surface area contributed by atoms with Crippen molar-refractivity contribution in [3.8, 4) is 44.5 Å². The molecule has 0 radical (unpaired) electrons. The first-order chi connectivity index (χ1) is 32.4. The van der Waals surface area contributed by atoms with E-state index in [4.69, 9.17) is 8.83 Å². The fourth-order valence-electron chi connectivity index (χ4n) is 11.9. The van der Waals surface area contributed by atoms with Crippen LogP contribution >= 0.6 is 0 Å². The smallest absolute Gasteiger partial charge is 0.143 e. The molecular formula is C64H51NO2. The first-order valence-corrected chi connectivity index (χ1v) is 23.7. The minimum absolute atomic E-state index is 0.296. The number of aryl methyl sites for hydroxylation is 4. The Morgan fingerprint density at radius 3 is 1.25 bits per heavy atom. The van der Waals surface area contributed by atoms with Gasteiger partial charge in [-0.1, -0.05) is 142 Å². The van der Waals surface area contributed by atoms with Crippen LogP contribution in [0.25, 0.3) is 88.4 Å². The van der Waals surface area contributed by atoms with Gasteiger partial charge in [-0.2, -0.15) is 0 Å². The van der Waals surface area contributed by atoms with Crippen LogP contribution in [0.2, 0.25) is 0 Å². The maximum atomic E-state index is 6.86. The lowest BCUT2D eigenvalue weighted by atomic mass is 9.80. The topological polar surface area (TPSA) is 29.5 Å². The number of para-hydroxylation sites is 3. The highest BCUT2D eigenvalue weighted by atomic mass is 16.3. The van der Waals surface area contributed by atoms with Crippen LogP contribution in [0.5, 0.6) is 0 Å². The molecular weight excluding hydrogens is 815 g/mol. The van der Waals surface area contributed by atoms with Crippen molar-refractivity contribution >= 4 is 60.9 Å². The Kier molecular flexibility index (Phi) is 8.27. The molecule has 2 aliphatic rings. The highest BCUT2D eigenvalue weighted by Crippen LogP contribution is 2.59. The molecule has 67 heavy (non-hydrogen) atoms. The Labute approximate surface area is 391 Å². The zero-order valence-electron chi connectivity index (χ0n) is 39.4. The van der Waals surface area contributed by atoms with E-state index in [-0.39, 0.29) is 10.8 Å². The molecule has 0 saturated heterocycles. The van der Waals surface area contributed by atoms with Crippen molar-refractivity contribution in [2.24, 2.45) is 0 Å². The van der Waals surface area contributed by atoms with Crippen molar-refractivity contribution in [1.82, 2.24) is 0 Å². The number of benzene rings is 9. The molecule has 13 rings (SSSR count). The average molecular weight is 866 g/mol. The summed E-state index contributed by atoms with van der Waals surface area (Å²) in [5, 5.41) is 4.71. The van der Waals surface area contributed by atoms with Crippen molar-refractivity contribution < 1.29 is 8.83 Å². The van der Waals surface area contributed by atoms with Crippen LogP contribution in [-0.4, -0.2) is 0 Å². The molecule has 0 aliphatic heterocycles. The maximum absolute atomic E-state index is 6.86. The van der Waals surface area contributed by atoms with Gasteiger partial charge >= 0.3 is 0 Å². The van der Waals surface area contributed by atoms with Crippen molar-refractivity contribution in [2.45, 2.75) is 66.2 Å². The van der Waals surface area contributed by atoms with Crippen molar-refractivity contribution in [1.29, 1.82) is 0 Å². The van der Waals surface area contributed by atoms with Gasteiger partial charge in [0.05, 0.1) is 0 Å². The first kappa shape index (κ1) is 39.7. The van der Waals surface area contributed by atoms with Gasteiger partial charge in [0.25, 0.3) is 0 Å². The summed E-state index contributed by atoms with van der Waals surface area (Å²) in [6.07, 6.45) is 0. The Balaban J connectivity index is 1.01. The molecule has 3 heteroatoms. The zero-order valence-corrected chi connectivity index (χ0v) is 39.4. The second-order valence-corrected chi connectivity index (χ2v) is 20.3. The molecule has 0 atom stereocenters. The third-order valence-electron chi connectivity index (χ3n) is 15.4. The molecule has 0 spiro atoms. The quantitative estimate of drug-likeness (QED) is 0.173. The summed E-state index contributed by atoms with van der Waals surface area (Å²) in [6.45, 7) is 18.4. The van der Waals surface area contributed by atoms with E-state index >= 15 is 0 Å². The van der Waals surface area contributed by atoms with Gasteiger partial charge in [-0.3, -0.25) is 0 Å². The van der Waals surface area contributed by atoms with E-state index in [1.165, 1.54) is 88.7 Å². The van der Waals surface area contributed by atoms with E-state index in [1.54, 1.807) is 0 Å². The number of fused-ring (bicyclic) bond motifs is 14. The molecule has 0 N–H and O–H groups in total. The number of nitrogens with zero attached hydrogens (tertiary/aromatic N) is 1. The molecule has 11 aromatic rings. The van der Waals surface area contributed by atoms with Crippen molar-refractivity contribution in [3.63, 3.8) is 0 Å². The third kappa shape index (κ3) is 5.58. The fraction of sp³-hybridized carbons (Fsp3) is 0.156. The van der Waals surface area contributed by atoms with E-state index in [2.05, 4.69) is 224 Å².